The Hall–Kier alpha value is -2.44. The number of carbonyl (C=O) groups excluding carboxylic acids is 2. The normalized spacial score (nSPS) is 17.4. The largest absolute Gasteiger partial charge is 0.379 e. The molecular formula is C15H19N3O4. The Bertz CT molecular complexity index is 615. The van der Waals surface area contributed by atoms with Gasteiger partial charge in [0.25, 0.3) is 5.69 Å². The van der Waals surface area contributed by atoms with Crippen LogP contribution in [0.15, 0.2) is 18.2 Å². The van der Waals surface area contributed by atoms with Gasteiger partial charge in [0.2, 0.25) is 5.91 Å². The van der Waals surface area contributed by atoms with Gasteiger partial charge >= 0.3 is 0 Å². The predicted octanol–water partition coefficient (Wildman–Crippen LogP) is 2.08. The summed E-state index contributed by atoms with van der Waals surface area (Å²) in [6.07, 6.45) is 0.881. The third-order valence-electron chi connectivity index (χ3n) is 3.91. The van der Waals surface area contributed by atoms with Gasteiger partial charge in [-0.05, 0) is 31.4 Å². The Morgan fingerprint density at radius 3 is 2.68 bits per heavy atom. The number of rotatable bonds is 5. The zero-order chi connectivity index (χ0) is 16.3. The van der Waals surface area contributed by atoms with Crippen molar-refractivity contribution in [3.05, 3.63) is 33.9 Å². The Morgan fingerprint density at radius 1 is 1.41 bits per heavy atom. The maximum absolute atomic E-state index is 11.3. The Balaban J connectivity index is 2.05. The number of amides is 1. The molecule has 1 saturated heterocycles. The molecule has 1 N–H and O–H groups in total. The van der Waals surface area contributed by atoms with Crippen molar-refractivity contribution in [2.75, 3.05) is 25.0 Å². The third-order valence-corrected chi connectivity index (χ3v) is 3.91. The minimum atomic E-state index is -0.495. The first-order chi connectivity index (χ1) is 10.4. The first kappa shape index (κ1) is 15.9. The van der Waals surface area contributed by atoms with E-state index in [2.05, 4.69) is 5.32 Å². The number of ketones is 1. The average Bonchev–Trinajstić information content (AvgIpc) is 2.93. The second-order valence-electron chi connectivity index (χ2n) is 5.55. The summed E-state index contributed by atoms with van der Waals surface area (Å²) in [5, 5.41) is 14.2. The number of hydrogen-bond acceptors (Lipinski definition) is 5. The highest BCUT2D eigenvalue weighted by Gasteiger charge is 2.25. The van der Waals surface area contributed by atoms with Gasteiger partial charge in [0.15, 0.2) is 5.78 Å². The molecule has 1 aromatic rings. The molecule has 7 heteroatoms. The van der Waals surface area contributed by atoms with Gasteiger partial charge in [-0.15, -0.1) is 0 Å². The van der Waals surface area contributed by atoms with E-state index in [-0.39, 0.29) is 23.3 Å². The first-order valence-corrected chi connectivity index (χ1v) is 7.17. The van der Waals surface area contributed by atoms with Gasteiger partial charge in [-0.2, -0.15) is 0 Å². The minimum absolute atomic E-state index is 0.0549. The predicted molar refractivity (Wildman–Crippen MR) is 82.0 cm³/mol. The maximum atomic E-state index is 11.3. The summed E-state index contributed by atoms with van der Waals surface area (Å²) >= 11 is 0. The van der Waals surface area contributed by atoms with Crippen LogP contribution in [-0.4, -0.2) is 41.1 Å². The van der Waals surface area contributed by atoms with Crippen LogP contribution in [0.25, 0.3) is 0 Å². The number of nitrogens with zero attached hydrogens (tertiary/aromatic N) is 2. The number of nitro groups is 1. The third kappa shape index (κ3) is 3.60. The van der Waals surface area contributed by atoms with Crippen molar-refractivity contribution < 1.29 is 14.5 Å². The SMILES string of the molecule is CC(=O)c1ccc(NC[C@@H]2CCN(C(C)=O)C2)c([N+](=O)[O-])c1. The molecule has 0 bridgehead atoms. The molecule has 1 aliphatic rings. The van der Waals surface area contributed by atoms with Crippen LogP contribution in [0.4, 0.5) is 11.4 Å². The number of likely N-dealkylation sites (tertiary alicyclic amines) is 1. The summed E-state index contributed by atoms with van der Waals surface area (Å²) in [5.41, 5.74) is 0.617. The van der Waals surface area contributed by atoms with Crippen LogP contribution < -0.4 is 5.32 Å². The molecule has 1 fully saturated rings. The molecule has 1 heterocycles. The molecule has 0 aromatic heterocycles. The molecule has 118 valence electrons. The fourth-order valence-electron chi connectivity index (χ4n) is 2.59. The van der Waals surface area contributed by atoms with E-state index in [1.807, 2.05) is 0 Å². The van der Waals surface area contributed by atoms with Gasteiger partial charge in [0.05, 0.1) is 4.92 Å². The number of nitro benzene ring substituents is 1. The summed E-state index contributed by atoms with van der Waals surface area (Å²) in [6, 6.07) is 4.43. The van der Waals surface area contributed by atoms with Crippen LogP contribution in [0.5, 0.6) is 0 Å². The molecule has 0 radical (unpaired) electrons. The van der Waals surface area contributed by atoms with Crippen molar-refractivity contribution in [2.24, 2.45) is 5.92 Å². The molecule has 0 spiro atoms. The van der Waals surface area contributed by atoms with E-state index in [1.165, 1.54) is 13.0 Å². The van der Waals surface area contributed by atoms with Crippen molar-refractivity contribution in [1.29, 1.82) is 0 Å². The van der Waals surface area contributed by atoms with E-state index < -0.39 is 4.92 Å². The van der Waals surface area contributed by atoms with Crippen LogP contribution >= 0.6 is 0 Å². The standard InChI is InChI=1S/C15H19N3O4/c1-10(19)13-3-4-14(15(7-13)18(21)22)16-8-12-5-6-17(9-12)11(2)20/h3-4,7,12,16H,5-6,8-9H2,1-2H3/t12-/m0/s1. The van der Waals surface area contributed by atoms with Gasteiger partial charge < -0.3 is 10.2 Å². The fraction of sp³-hybridized carbons (Fsp3) is 0.467. The van der Waals surface area contributed by atoms with E-state index in [1.54, 1.807) is 24.0 Å². The lowest BCUT2D eigenvalue weighted by Gasteiger charge is -2.15. The lowest BCUT2D eigenvalue weighted by molar-refractivity contribution is -0.384. The van der Waals surface area contributed by atoms with E-state index in [0.717, 1.165) is 13.0 Å². The van der Waals surface area contributed by atoms with E-state index >= 15 is 0 Å². The van der Waals surface area contributed by atoms with Crippen LogP contribution in [0.1, 0.15) is 30.6 Å². The van der Waals surface area contributed by atoms with Crippen molar-refractivity contribution in [3.63, 3.8) is 0 Å². The van der Waals surface area contributed by atoms with Crippen LogP contribution in [-0.2, 0) is 4.79 Å². The number of Topliss-reactive ketones (excluding diaryl/α,β-unsaturated/α-hetero) is 1. The van der Waals surface area contributed by atoms with Crippen molar-refractivity contribution in [2.45, 2.75) is 20.3 Å². The van der Waals surface area contributed by atoms with Gasteiger partial charge in [0, 0.05) is 38.2 Å². The highest BCUT2D eigenvalue weighted by molar-refractivity contribution is 5.95. The summed E-state index contributed by atoms with van der Waals surface area (Å²) in [6.45, 7) is 4.88. The number of benzene rings is 1. The molecule has 1 aliphatic heterocycles. The summed E-state index contributed by atoms with van der Waals surface area (Å²) in [4.78, 5) is 35.0. The molecule has 1 amide bonds. The molecule has 7 nitrogen and oxygen atoms in total. The van der Waals surface area contributed by atoms with E-state index in [0.29, 0.717) is 24.3 Å². The zero-order valence-electron chi connectivity index (χ0n) is 12.7. The number of hydrogen-bond donors (Lipinski definition) is 1. The Labute approximate surface area is 128 Å². The summed E-state index contributed by atoms with van der Waals surface area (Å²) < 4.78 is 0. The molecule has 1 atom stereocenters. The molecule has 0 aliphatic carbocycles. The van der Waals surface area contributed by atoms with E-state index in [4.69, 9.17) is 0 Å². The molecule has 1 aromatic carbocycles. The summed E-state index contributed by atoms with van der Waals surface area (Å²) in [7, 11) is 0. The second kappa shape index (κ2) is 6.55. The van der Waals surface area contributed by atoms with Crippen LogP contribution in [0.3, 0.4) is 0 Å². The molecule has 0 unspecified atom stereocenters. The van der Waals surface area contributed by atoms with E-state index in [9.17, 15) is 19.7 Å². The van der Waals surface area contributed by atoms with Crippen LogP contribution in [0, 0.1) is 16.0 Å². The molecule has 0 saturated carbocycles. The Morgan fingerprint density at radius 2 is 2.14 bits per heavy atom. The zero-order valence-corrected chi connectivity index (χ0v) is 12.7. The highest BCUT2D eigenvalue weighted by Crippen LogP contribution is 2.27. The number of carbonyl (C=O) groups is 2. The lowest BCUT2D eigenvalue weighted by Crippen LogP contribution is -2.27. The van der Waals surface area contributed by atoms with Gasteiger partial charge in [-0.3, -0.25) is 19.7 Å². The van der Waals surface area contributed by atoms with Gasteiger partial charge in [-0.1, -0.05) is 0 Å². The number of nitrogens with one attached hydrogen (secondary N) is 1. The summed E-state index contributed by atoms with van der Waals surface area (Å²) in [5.74, 6) is 0.123. The number of anilines is 1. The second-order valence-corrected chi connectivity index (χ2v) is 5.55. The molecule has 22 heavy (non-hydrogen) atoms. The van der Waals surface area contributed by atoms with Gasteiger partial charge in [0.1, 0.15) is 5.69 Å². The topological polar surface area (TPSA) is 92.6 Å². The van der Waals surface area contributed by atoms with Crippen LogP contribution in [0.2, 0.25) is 0 Å². The first-order valence-electron chi connectivity index (χ1n) is 7.17. The van der Waals surface area contributed by atoms with Gasteiger partial charge in [-0.25, -0.2) is 0 Å². The van der Waals surface area contributed by atoms with Crippen molar-refractivity contribution in [3.8, 4) is 0 Å². The maximum Gasteiger partial charge on any atom is 0.293 e. The lowest BCUT2D eigenvalue weighted by atomic mass is 10.1. The molecule has 2 rings (SSSR count). The fourth-order valence-corrected chi connectivity index (χ4v) is 2.59. The smallest absolute Gasteiger partial charge is 0.293 e. The quantitative estimate of drug-likeness (QED) is 0.511. The highest BCUT2D eigenvalue weighted by atomic mass is 16.6. The average molecular weight is 305 g/mol. The monoisotopic (exact) mass is 305 g/mol. The molecular weight excluding hydrogens is 286 g/mol. The minimum Gasteiger partial charge on any atom is -0.379 e. The van der Waals surface area contributed by atoms with Crippen molar-refractivity contribution in [1.82, 2.24) is 4.90 Å². The van der Waals surface area contributed by atoms with Crippen molar-refractivity contribution >= 4 is 23.1 Å². The Kier molecular flexibility index (Phi) is 4.75.